The smallest absolute Gasteiger partial charge is 0.324 e. The van der Waals surface area contributed by atoms with Crippen LogP contribution in [0.3, 0.4) is 0 Å². The first-order valence-corrected chi connectivity index (χ1v) is 12.4. The Balaban J connectivity index is 1.86. The van der Waals surface area contributed by atoms with Crippen LogP contribution in [0.15, 0.2) is 58.5 Å². The number of benzene rings is 1. The number of halogens is 5. The Bertz CT molecular complexity index is 1430. The highest BCUT2D eigenvalue weighted by Crippen LogP contribution is 2.35. The predicted molar refractivity (Wildman–Crippen MR) is 126 cm³/mol. The maximum absolute atomic E-state index is 13.6. The van der Waals surface area contributed by atoms with Crippen molar-refractivity contribution in [2.75, 3.05) is 11.9 Å². The minimum Gasteiger partial charge on any atom is -0.324 e. The first kappa shape index (κ1) is 27.6. The molecular weight excluding hydrogens is 546 g/mol. The van der Waals surface area contributed by atoms with Crippen molar-refractivity contribution in [1.82, 2.24) is 19.5 Å². The van der Waals surface area contributed by atoms with Crippen molar-refractivity contribution in [3.63, 3.8) is 0 Å². The second-order valence-electron chi connectivity index (χ2n) is 7.40. The van der Waals surface area contributed by atoms with Gasteiger partial charge in [-0.15, -0.1) is 0 Å². The number of nitrogens with one attached hydrogen (secondary N) is 2. The van der Waals surface area contributed by atoms with Crippen molar-refractivity contribution in [3.8, 4) is 0 Å². The fourth-order valence-corrected chi connectivity index (χ4v) is 4.59. The molecule has 0 saturated carbocycles. The predicted octanol–water partition coefficient (Wildman–Crippen LogP) is 3.68. The topological polar surface area (TPSA) is 123 Å². The molecule has 36 heavy (non-hydrogen) atoms. The molecule has 0 aliphatic rings. The third-order valence-corrected chi connectivity index (χ3v) is 7.14. The molecule has 1 aromatic carbocycles. The molecule has 15 heteroatoms. The van der Waals surface area contributed by atoms with Crippen LogP contribution in [0, 0.1) is 0 Å². The van der Waals surface area contributed by atoms with E-state index in [4.69, 9.17) is 23.2 Å². The molecule has 192 valence electrons. The lowest BCUT2D eigenvalue weighted by molar-refractivity contribution is -0.139. The maximum atomic E-state index is 13.6. The number of aromatic nitrogens is 3. The Morgan fingerprint density at radius 2 is 1.92 bits per heavy atom. The number of anilines is 1. The number of pyridine rings is 1. The van der Waals surface area contributed by atoms with Gasteiger partial charge in [0.2, 0.25) is 15.9 Å². The molecule has 2 N–H and O–H groups in total. The van der Waals surface area contributed by atoms with Crippen LogP contribution in [0.2, 0.25) is 10.0 Å². The van der Waals surface area contributed by atoms with Gasteiger partial charge in [-0.2, -0.15) is 18.3 Å². The minimum absolute atomic E-state index is 0.126. The number of alkyl halides is 3. The summed E-state index contributed by atoms with van der Waals surface area (Å²) in [4.78, 5) is 27.8. The van der Waals surface area contributed by atoms with Crippen molar-refractivity contribution in [2.45, 2.75) is 30.5 Å². The van der Waals surface area contributed by atoms with Crippen LogP contribution in [0.25, 0.3) is 0 Å². The van der Waals surface area contributed by atoms with Crippen LogP contribution in [0.1, 0.15) is 24.2 Å². The number of hydrogen-bond donors (Lipinski definition) is 2. The molecule has 1 atom stereocenters. The summed E-state index contributed by atoms with van der Waals surface area (Å²) in [6, 6.07) is 5.85. The van der Waals surface area contributed by atoms with Gasteiger partial charge in [-0.3, -0.25) is 14.6 Å². The molecular formula is C21H18Cl2F3N5O4S. The second kappa shape index (κ2) is 10.9. The van der Waals surface area contributed by atoms with Gasteiger partial charge < -0.3 is 5.32 Å². The molecule has 0 radical (unpaired) electrons. The molecule has 0 bridgehead atoms. The fourth-order valence-electron chi connectivity index (χ4n) is 3.05. The van der Waals surface area contributed by atoms with Gasteiger partial charge in [0, 0.05) is 30.5 Å². The van der Waals surface area contributed by atoms with E-state index in [-0.39, 0.29) is 28.7 Å². The number of nitrogens with zero attached hydrogens (tertiary/aromatic N) is 3. The molecule has 0 aliphatic heterocycles. The zero-order chi connectivity index (χ0) is 26.7. The monoisotopic (exact) mass is 563 g/mol. The van der Waals surface area contributed by atoms with Crippen LogP contribution < -0.4 is 15.6 Å². The summed E-state index contributed by atoms with van der Waals surface area (Å²) in [6.45, 7) is 1.07. The molecule has 0 fully saturated rings. The lowest BCUT2D eigenvalue weighted by Gasteiger charge is -2.17. The van der Waals surface area contributed by atoms with E-state index in [1.807, 2.05) is 0 Å². The average molecular weight is 564 g/mol. The summed E-state index contributed by atoms with van der Waals surface area (Å²) >= 11 is 11.5. The molecule has 3 aromatic rings. The first-order valence-electron chi connectivity index (χ1n) is 10.2. The van der Waals surface area contributed by atoms with E-state index in [1.54, 1.807) is 18.2 Å². The SMILES string of the molecule is C[C@H](C(=O)Nc1ccc(C(F)(F)F)c(S(=O)(=O)NCCc2ccccn2)c1)n1ncc(Cl)c(Cl)c1=O. The van der Waals surface area contributed by atoms with Crippen LogP contribution in [-0.4, -0.2) is 35.6 Å². The summed E-state index contributed by atoms with van der Waals surface area (Å²) < 4.78 is 69.1. The minimum atomic E-state index is -4.99. The molecule has 0 aliphatic carbocycles. The number of carbonyl (C=O) groups excluding carboxylic acids is 1. The van der Waals surface area contributed by atoms with Gasteiger partial charge >= 0.3 is 6.18 Å². The van der Waals surface area contributed by atoms with Crippen molar-refractivity contribution < 1.29 is 26.4 Å². The molecule has 2 aromatic heterocycles. The fraction of sp³-hybridized carbons (Fsp3) is 0.238. The Kier molecular flexibility index (Phi) is 8.39. The Hall–Kier alpha value is -3.00. The Morgan fingerprint density at radius 3 is 2.56 bits per heavy atom. The number of amides is 1. The zero-order valence-corrected chi connectivity index (χ0v) is 20.7. The third kappa shape index (κ3) is 6.40. The normalized spacial score (nSPS) is 12.8. The van der Waals surface area contributed by atoms with E-state index in [1.165, 1.54) is 13.1 Å². The molecule has 9 nitrogen and oxygen atoms in total. The first-order chi connectivity index (χ1) is 16.8. The van der Waals surface area contributed by atoms with Crippen LogP contribution >= 0.6 is 23.2 Å². The van der Waals surface area contributed by atoms with Gasteiger partial charge in [0.25, 0.3) is 5.56 Å². The Labute approximate surface area is 213 Å². The number of sulfonamides is 1. The van der Waals surface area contributed by atoms with E-state index >= 15 is 0 Å². The average Bonchev–Trinajstić information content (AvgIpc) is 2.82. The number of carbonyl (C=O) groups is 1. The highest BCUT2D eigenvalue weighted by atomic mass is 35.5. The molecule has 0 saturated heterocycles. The quantitative estimate of drug-likeness (QED) is 0.431. The molecule has 3 rings (SSSR count). The lowest BCUT2D eigenvalue weighted by Crippen LogP contribution is -2.33. The summed E-state index contributed by atoms with van der Waals surface area (Å²) in [6.07, 6.45) is -2.30. The van der Waals surface area contributed by atoms with E-state index in [9.17, 15) is 31.2 Å². The lowest BCUT2D eigenvalue weighted by atomic mass is 10.2. The maximum Gasteiger partial charge on any atom is 0.417 e. The third-order valence-electron chi connectivity index (χ3n) is 4.89. The molecule has 1 amide bonds. The zero-order valence-electron chi connectivity index (χ0n) is 18.4. The standard InChI is InChI=1S/C21H18Cl2F3N5O4S/c1-12(31-20(33)18(23)16(22)11-28-31)19(32)30-14-5-6-15(21(24,25)26)17(10-14)36(34,35)29-9-7-13-4-2-3-8-27-13/h2-6,8,10-12,29H,7,9H2,1H3,(H,30,32)/t12-/m1/s1. The summed E-state index contributed by atoms with van der Waals surface area (Å²) in [5.74, 6) is -0.866. The van der Waals surface area contributed by atoms with Gasteiger partial charge in [-0.05, 0) is 37.3 Å². The molecule has 2 heterocycles. The van der Waals surface area contributed by atoms with Gasteiger partial charge in [-0.25, -0.2) is 17.8 Å². The summed E-state index contributed by atoms with van der Waals surface area (Å²) in [7, 11) is -4.64. The van der Waals surface area contributed by atoms with E-state index in [0.717, 1.165) is 16.9 Å². The van der Waals surface area contributed by atoms with Crippen molar-refractivity contribution >= 4 is 44.8 Å². The van der Waals surface area contributed by atoms with Crippen molar-refractivity contribution in [3.05, 3.63) is 80.4 Å². The highest BCUT2D eigenvalue weighted by Gasteiger charge is 2.37. The van der Waals surface area contributed by atoms with Gasteiger partial charge in [0.15, 0.2) is 0 Å². The van der Waals surface area contributed by atoms with Crippen molar-refractivity contribution in [1.29, 1.82) is 0 Å². The highest BCUT2D eigenvalue weighted by molar-refractivity contribution is 7.89. The van der Waals surface area contributed by atoms with Gasteiger partial charge in [-0.1, -0.05) is 29.3 Å². The van der Waals surface area contributed by atoms with Crippen LogP contribution in [0.5, 0.6) is 0 Å². The van der Waals surface area contributed by atoms with E-state index in [0.29, 0.717) is 17.8 Å². The summed E-state index contributed by atoms with van der Waals surface area (Å²) in [5.41, 5.74) is -1.99. The molecule has 0 spiro atoms. The number of hydrogen-bond acceptors (Lipinski definition) is 6. The van der Waals surface area contributed by atoms with E-state index in [2.05, 4.69) is 20.1 Å². The van der Waals surface area contributed by atoms with Crippen LogP contribution in [0.4, 0.5) is 18.9 Å². The largest absolute Gasteiger partial charge is 0.417 e. The van der Waals surface area contributed by atoms with E-state index < -0.39 is 44.2 Å². The number of rotatable bonds is 8. The van der Waals surface area contributed by atoms with Gasteiger partial charge in [0.05, 0.1) is 21.7 Å². The van der Waals surface area contributed by atoms with Crippen molar-refractivity contribution in [2.24, 2.45) is 0 Å². The molecule has 0 unspecified atom stereocenters. The summed E-state index contributed by atoms with van der Waals surface area (Å²) in [5, 5.41) is 5.52. The second-order valence-corrected chi connectivity index (χ2v) is 9.92. The Morgan fingerprint density at radius 1 is 1.19 bits per heavy atom. The van der Waals surface area contributed by atoms with Crippen LogP contribution in [-0.2, 0) is 27.4 Å². The van der Waals surface area contributed by atoms with Gasteiger partial charge in [0.1, 0.15) is 11.1 Å².